The van der Waals surface area contributed by atoms with Gasteiger partial charge in [0.15, 0.2) is 0 Å². The lowest BCUT2D eigenvalue weighted by molar-refractivity contribution is 0.0693. The highest BCUT2D eigenvalue weighted by atomic mass is 32.2. The van der Waals surface area contributed by atoms with Crippen molar-refractivity contribution in [2.45, 2.75) is 39.5 Å². The largest absolute Gasteiger partial charge is 0.497 e. The monoisotopic (exact) mass is 474 g/mol. The Balaban J connectivity index is 1.45. The van der Waals surface area contributed by atoms with Crippen LogP contribution in [0, 0.1) is 13.8 Å². The first-order chi connectivity index (χ1) is 15.8. The first kappa shape index (κ1) is 23.8. The van der Waals surface area contributed by atoms with E-state index in [0.29, 0.717) is 44.8 Å². The zero-order valence-corrected chi connectivity index (χ0v) is 20.6. The van der Waals surface area contributed by atoms with Gasteiger partial charge < -0.3 is 14.2 Å². The summed E-state index contributed by atoms with van der Waals surface area (Å²) in [6.07, 6.45) is 4.01. The Kier molecular flexibility index (Phi) is 7.11. The quantitative estimate of drug-likeness (QED) is 0.668. The van der Waals surface area contributed by atoms with Crippen LogP contribution in [-0.4, -0.2) is 78.8 Å². The van der Waals surface area contributed by atoms with E-state index in [2.05, 4.69) is 4.57 Å². The Labute approximate surface area is 196 Å². The number of amides is 1. The Bertz CT molecular complexity index is 1080. The molecular weight excluding hydrogens is 440 g/mol. The Morgan fingerprint density at radius 3 is 2.00 bits per heavy atom. The summed E-state index contributed by atoms with van der Waals surface area (Å²) in [6, 6.07) is 9.67. The molecule has 0 saturated carbocycles. The van der Waals surface area contributed by atoms with Crippen LogP contribution in [0.5, 0.6) is 5.75 Å². The van der Waals surface area contributed by atoms with Crippen LogP contribution in [0.25, 0.3) is 5.69 Å². The number of hydrogen-bond acceptors (Lipinski definition) is 4. The molecule has 0 spiro atoms. The van der Waals surface area contributed by atoms with Crippen molar-refractivity contribution in [3.63, 3.8) is 0 Å². The number of aryl methyl sites for hydroxylation is 1. The molecule has 9 heteroatoms. The molecule has 0 bridgehead atoms. The average Bonchev–Trinajstić information content (AvgIpc) is 3.00. The zero-order valence-electron chi connectivity index (χ0n) is 19.8. The first-order valence-electron chi connectivity index (χ1n) is 11.7. The predicted octanol–water partition coefficient (Wildman–Crippen LogP) is 2.98. The minimum Gasteiger partial charge on any atom is -0.497 e. The third-order valence-corrected chi connectivity index (χ3v) is 8.77. The van der Waals surface area contributed by atoms with Crippen LogP contribution in [0.2, 0.25) is 0 Å². The molecule has 2 saturated heterocycles. The van der Waals surface area contributed by atoms with Crippen molar-refractivity contribution >= 4 is 16.1 Å². The highest BCUT2D eigenvalue weighted by molar-refractivity contribution is 7.86. The van der Waals surface area contributed by atoms with Crippen LogP contribution in [-0.2, 0) is 10.2 Å². The van der Waals surface area contributed by atoms with E-state index in [-0.39, 0.29) is 5.91 Å². The molecule has 0 unspecified atom stereocenters. The number of nitrogens with zero attached hydrogens (tertiary/aromatic N) is 4. The number of rotatable bonds is 5. The molecule has 0 aliphatic carbocycles. The van der Waals surface area contributed by atoms with E-state index >= 15 is 0 Å². The molecule has 3 heterocycles. The molecule has 1 aromatic carbocycles. The second kappa shape index (κ2) is 9.87. The second-order valence-electron chi connectivity index (χ2n) is 8.83. The van der Waals surface area contributed by atoms with Crippen LogP contribution in [0.4, 0.5) is 0 Å². The first-order valence-corrected chi connectivity index (χ1v) is 13.1. The van der Waals surface area contributed by atoms with Crippen molar-refractivity contribution in [1.29, 1.82) is 0 Å². The van der Waals surface area contributed by atoms with E-state index < -0.39 is 10.2 Å². The molecule has 180 valence electrons. The van der Waals surface area contributed by atoms with Gasteiger partial charge in [-0.15, -0.1) is 0 Å². The van der Waals surface area contributed by atoms with Gasteiger partial charge in [-0.25, -0.2) is 0 Å². The summed E-state index contributed by atoms with van der Waals surface area (Å²) in [4.78, 5) is 15.1. The fourth-order valence-corrected chi connectivity index (χ4v) is 6.51. The van der Waals surface area contributed by atoms with Crippen molar-refractivity contribution in [1.82, 2.24) is 18.1 Å². The van der Waals surface area contributed by atoms with Crippen molar-refractivity contribution in [3.05, 3.63) is 47.3 Å². The van der Waals surface area contributed by atoms with Gasteiger partial charge in [0.2, 0.25) is 0 Å². The average molecular weight is 475 g/mol. The molecule has 33 heavy (non-hydrogen) atoms. The molecule has 0 atom stereocenters. The van der Waals surface area contributed by atoms with Crippen LogP contribution in [0.3, 0.4) is 0 Å². The van der Waals surface area contributed by atoms with Gasteiger partial charge in [-0.2, -0.15) is 17.0 Å². The van der Waals surface area contributed by atoms with Crippen LogP contribution in [0.1, 0.15) is 47.4 Å². The van der Waals surface area contributed by atoms with Gasteiger partial charge in [0.25, 0.3) is 16.1 Å². The van der Waals surface area contributed by atoms with E-state index in [0.717, 1.165) is 48.5 Å². The van der Waals surface area contributed by atoms with Crippen molar-refractivity contribution < 1.29 is 17.9 Å². The van der Waals surface area contributed by atoms with Gasteiger partial charge >= 0.3 is 0 Å². The van der Waals surface area contributed by atoms with E-state index in [4.69, 9.17) is 4.74 Å². The van der Waals surface area contributed by atoms with Crippen LogP contribution < -0.4 is 4.74 Å². The number of aromatic nitrogens is 1. The molecular formula is C24H34N4O4S. The standard InChI is InChI=1S/C24H34N4O4S/c1-19-18-23(20(2)28(19)21-8-10-22(32-3)11-9-21)24(29)25-14-16-27(17-15-25)33(30,31)26-12-6-4-5-7-13-26/h8-11,18H,4-7,12-17H2,1-3H3. The van der Waals surface area contributed by atoms with Gasteiger partial charge in [0.05, 0.1) is 12.7 Å². The number of hydrogen-bond donors (Lipinski definition) is 0. The van der Waals surface area contributed by atoms with Gasteiger partial charge in [-0.1, -0.05) is 12.8 Å². The fourth-order valence-electron chi connectivity index (χ4n) is 4.84. The summed E-state index contributed by atoms with van der Waals surface area (Å²) in [5, 5.41) is 0. The highest BCUT2D eigenvalue weighted by Gasteiger charge is 2.34. The molecule has 1 aromatic heterocycles. The lowest BCUT2D eigenvalue weighted by Gasteiger charge is -2.36. The molecule has 2 aliphatic heterocycles. The number of ether oxygens (including phenoxy) is 1. The smallest absolute Gasteiger partial charge is 0.282 e. The molecule has 1 amide bonds. The maximum absolute atomic E-state index is 13.3. The number of benzene rings is 1. The summed E-state index contributed by atoms with van der Waals surface area (Å²) in [5.41, 5.74) is 3.48. The number of carbonyl (C=O) groups excluding carboxylic acids is 1. The van der Waals surface area contributed by atoms with Crippen LogP contribution >= 0.6 is 0 Å². The van der Waals surface area contributed by atoms with E-state index in [1.807, 2.05) is 44.2 Å². The fraction of sp³-hybridized carbons (Fsp3) is 0.542. The third-order valence-electron chi connectivity index (χ3n) is 6.74. The molecule has 0 radical (unpaired) electrons. The Morgan fingerprint density at radius 2 is 1.42 bits per heavy atom. The maximum atomic E-state index is 13.3. The van der Waals surface area contributed by atoms with E-state index in [1.54, 1.807) is 20.6 Å². The molecule has 2 aromatic rings. The molecule has 8 nitrogen and oxygen atoms in total. The minimum absolute atomic E-state index is 0.0466. The minimum atomic E-state index is -3.46. The lowest BCUT2D eigenvalue weighted by atomic mass is 10.2. The van der Waals surface area contributed by atoms with Crippen LogP contribution in [0.15, 0.2) is 30.3 Å². The number of carbonyl (C=O) groups is 1. The molecule has 0 N–H and O–H groups in total. The number of methoxy groups -OCH3 is 1. The Morgan fingerprint density at radius 1 is 0.848 bits per heavy atom. The number of piperazine rings is 1. The summed E-state index contributed by atoms with van der Waals surface area (Å²) in [7, 11) is -1.82. The maximum Gasteiger partial charge on any atom is 0.282 e. The summed E-state index contributed by atoms with van der Waals surface area (Å²) in [6.45, 7) is 6.60. The van der Waals surface area contributed by atoms with Gasteiger partial charge in [0.1, 0.15) is 5.75 Å². The third kappa shape index (κ3) is 4.81. The summed E-state index contributed by atoms with van der Waals surface area (Å²) < 4.78 is 36.6. The highest BCUT2D eigenvalue weighted by Crippen LogP contribution is 2.25. The Hall–Kier alpha value is -2.36. The lowest BCUT2D eigenvalue weighted by Crippen LogP contribution is -2.54. The molecule has 4 rings (SSSR count). The van der Waals surface area contributed by atoms with E-state index in [1.165, 1.54) is 0 Å². The second-order valence-corrected chi connectivity index (χ2v) is 10.8. The normalized spacial score (nSPS) is 18.8. The van der Waals surface area contributed by atoms with Gasteiger partial charge in [0, 0.05) is 56.3 Å². The van der Waals surface area contributed by atoms with Gasteiger partial charge in [-0.3, -0.25) is 4.79 Å². The summed E-state index contributed by atoms with van der Waals surface area (Å²) in [5.74, 6) is 0.736. The van der Waals surface area contributed by atoms with Crippen molar-refractivity contribution in [2.24, 2.45) is 0 Å². The van der Waals surface area contributed by atoms with Crippen molar-refractivity contribution in [3.8, 4) is 11.4 Å². The van der Waals surface area contributed by atoms with Crippen molar-refractivity contribution in [2.75, 3.05) is 46.4 Å². The van der Waals surface area contributed by atoms with Gasteiger partial charge in [-0.05, 0) is 57.0 Å². The molecule has 2 fully saturated rings. The predicted molar refractivity (Wildman–Crippen MR) is 128 cm³/mol. The topological polar surface area (TPSA) is 75.1 Å². The summed E-state index contributed by atoms with van der Waals surface area (Å²) >= 11 is 0. The van der Waals surface area contributed by atoms with E-state index in [9.17, 15) is 13.2 Å². The zero-order chi connectivity index (χ0) is 23.6. The molecule has 2 aliphatic rings. The SMILES string of the molecule is COc1ccc(-n2c(C)cc(C(=O)N3CCN(S(=O)(=O)N4CCCCCC4)CC3)c2C)cc1.